The Balaban J connectivity index is 2.88. The largest absolute Gasteiger partial charge is 0.322 e. The molecule has 0 aliphatic rings. The number of amides is 1. The Labute approximate surface area is 104 Å². The number of carbonyl (C=O) groups excluding carboxylic acids is 1. The molecule has 92 valence electrons. The molecule has 1 amide bonds. The van der Waals surface area contributed by atoms with E-state index in [1.165, 1.54) is 11.1 Å². The number of nitrogens with one attached hydrogen (secondary N) is 1. The van der Waals surface area contributed by atoms with Gasteiger partial charge in [0, 0.05) is 11.3 Å². The first-order valence-corrected chi connectivity index (χ1v) is 6.00. The van der Waals surface area contributed by atoms with Crippen LogP contribution in [0.2, 0.25) is 0 Å². The smallest absolute Gasteiger partial charge is 0.250 e. The molecule has 0 bridgehead atoms. The van der Waals surface area contributed by atoms with Gasteiger partial charge in [-0.05, 0) is 49.9 Å². The summed E-state index contributed by atoms with van der Waals surface area (Å²) in [6.45, 7) is 10.1. The zero-order chi connectivity index (χ0) is 13.0. The summed E-state index contributed by atoms with van der Waals surface area (Å²) in [5.41, 5.74) is 4.13. The average Bonchev–Trinajstić information content (AvgIpc) is 2.27. The molecule has 1 aromatic rings. The van der Waals surface area contributed by atoms with E-state index in [-0.39, 0.29) is 5.91 Å². The molecular weight excluding hydrogens is 210 g/mol. The van der Waals surface area contributed by atoms with E-state index in [2.05, 4.69) is 32.2 Å². The second-order valence-electron chi connectivity index (χ2n) is 4.65. The molecule has 0 aliphatic carbocycles. The van der Waals surface area contributed by atoms with Gasteiger partial charge >= 0.3 is 0 Å². The highest BCUT2D eigenvalue weighted by Gasteiger charge is 2.07. The van der Waals surface area contributed by atoms with E-state index in [9.17, 15) is 4.79 Å². The summed E-state index contributed by atoms with van der Waals surface area (Å²) in [5, 5.41) is 2.89. The minimum atomic E-state index is -0.0378. The highest BCUT2D eigenvalue weighted by atomic mass is 16.1. The fourth-order valence-electron chi connectivity index (χ4n) is 1.76. The molecule has 0 atom stereocenters. The van der Waals surface area contributed by atoms with E-state index < -0.39 is 0 Å². The lowest BCUT2D eigenvalue weighted by Gasteiger charge is -2.12. The second kappa shape index (κ2) is 5.67. The van der Waals surface area contributed by atoms with Crippen molar-refractivity contribution in [1.82, 2.24) is 0 Å². The Morgan fingerprint density at radius 1 is 1.35 bits per heavy atom. The van der Waals surface area contributed by atoms with Gasteiger partial charge < -0.3 is 5.32 Å². The van der Waals surface area contributed by atoms with Crippen LogP contribution in [0.4, 0.5) is 5.69 Å². The molecule has 1 rings (SSSR count). The molecule has 2 heteroatoms. The molecule has 0 radical (unpaired) electrons. The van der Waals surface area contributed by atoms with Gasteiger partial charge in [-0.25, -0.2) is 0 Å². The topological polar surface area (TPSA) is 29.1 Å². The zero-order valence-corrected chi connectivity index (χ0v) is 11.3. The molecule has 0 saturated heterocycles. The van der Waals surface area contributed by atoms with Crippen molar-refractivity contribution in [2.24, 2.45) is 0 Å². The fourth-order valence-corrected chi connectivity index (χ4v) is 1.76. The Kier molecular flexibility index (Phi) is 4.50. The van der Waals surface area contributed by atoms with Gasteiger partial charge in [0.25, 0.3) is 5.91 Å². The Bertz CT molecular complexity index is 444. The third-order valence-electron chi connectivity index (χ3n) is 2.94. The number of aryl methyl sites for hydroxylation is 1. The standard InChI is InChI=1S/C15H21NO/c1-6-11(4)15(17)16-13-7-8-14(10(2)3)12(5)9-13/h6-10H,1-5H3,(H,16,17)/b11-6+. The van der Waals surface area contributed by atoms with Gasteiger partial charge in [0.1, 0.15) is 0 Å². The van der Waals surface area contributed by atoms with Crippen molar-refractivity contribution >= 4 is 11.6 Å². The highest BCUT2D eigenvalue weighted by molar-refractivity contribution is 6.03. The van der Waals surface area contributed by atoms with E-state index in [4.69, 9.17) is 0 Å². The van der Waals surface area contributed by atoms with Gasteiger partial charge in [0.2, 0.25) is 0 Å². The lowest BCUT2D eigenvalue weighted by Crippen LogP contribution is -2.12. The molecule has 0 heterocycles. The van der Waals surface area contributed by atoms with Crippen LogP contribution in [0.3, 0.4) is 0 Å². The molecule has 2 nitrogen and oxygen atoms in total. The molecule has 0 aliphatic heterocycles. The van der Waals surface area contributed by atoms with Crippen LogP contribution in [0.15, 0.2) is 29.8 Å². The monoisotopic (exact) mass is 231 g/mol. The summed E-state index contributed by atoms with van der Waals surface area (Å²) in [6, 6.07) is 6.07. The van der Waals surface area contributed by atoms with Gasteiger partial charge in [-0.2, -0.15) is 0 Å². The van der Waals surface area contributed by atoms with Crippen molar-refractivity contribution in [3.05, 3.63) is 41.0 Å². The first-order chi connectivity index (χ1) is 7.95. The maximum absolute atomic E-state index is 11.7. The SMILES string of the molecule is C/C=C(\C)C(=O)Nc1ccc(C(C)C)c(C)c1. The number of anilines is 1. The van der Waals surface area contributed by atoms with Crippen molar-refractivity contribution in [3.63, 3.8) is 0 Å². The quantitative estimate of drug-likeness (QED) is 0.782. The Morgan fingerprint density at radius 2 is 2.00 bits per heavy atom. The fraction of sp³-hybridized carbons (Fsp3) is 0.400. The third-order valence-corrected chi connectivity index (χ3v) is 2.94. The first-order valence-electron chi connectivity index (χ1n) is 6.00. The van der Waals surface area contributed by atoms with Gasteiger partial charge in [-0.15, -0.1) is 0 Å². The van der Waals surface area contributed by atoms with Crippen LogP contribution < -0.4 is 5.32 Å². The predicted molar refractivity (Wildman–Crippen MR) is 73.3 cm³/mol. The van der Waals surface area contributed by atoms with Crippen LogP contribution in [0.5, 0.6) is 0 Å². The van der Waals surface area contributed by atoms with Crippen molar-refractivity contribution in [2.75, 3.05) is 5.32 Å². The first kappa shape index (κ1) is 13.5. The lowest BCUT2D eigenvalue weighted by atomic mass is 9.97. The minimum absolute atomic E-state index is 0.0378. The maximum Gasteiger partial charge on any atom is 0.250 e. The molecule has 17 heavy (non-hydrogen) atoms. The Hall–Kier alpha value is -1.57. The van der Waals surface area contributed by atoms with Crippen molar-refractivity contribution in [3.8, 4) is 0 Å². The summed E-state index contributed by atoms with van der Waals surface area (Å²) in [7, 11) is 0. The third kappa shape index (κ3) is 3.45. The van der Waals surface area contributed by atoms with Crippen molar-refractivity contribution in [2.45, 2.75) is 40.5 Å². The summed E-state index contributed by atoms with van der Waals surface area (Å²) < 4.78 is 0. The minimum Gasteiger partial charge on any atom is -0.322 e. The van der Waals surface area contributed by atoms with Crippen LogP contribution in [0.25, 0.3) is 0 Å². The number of benzene rings is 1. The van der Waals surface area contributed by atoms with Gasteiger partial charge in [-0.3, -0.25) is 4.79 Å². The van der Waals surface area contributed by atoms with E-state index in [0.29, 0.717) is 5.92 Å². The van der Waals surface area contributed by atoms with Crippen LogP contribution in [-0.4, -0.2) is 5.91 Å². The van der Waals surface area contributed by atoms with E-state index in [1.54, 1.807) is 0 Å². The summed E-state index contributed by atoms with van der Waals surface area (Å²) >= 11 is 0. The molecule has 0 saturated carbocycles. The summed E-state index contributed by atoms with van der Waals surface area (Å²) in [4.78, 5) is 11.7. The van der Waals surface area contributed by atoms with Crippen molar-refractivity contribution < 1.29 is 4.79 Å². The normalized spacial score (nSPS) is 11.8. The number of rotatable bonds is 3. The highest BCUT2D eigenvalue weighted by Crippen LogP contribution is 2.22. The molecule has 0 fully saturated rings. The van der Waals surface area contributed by atoms with Gasteiger partial charge in [-0.1, -0.05) is 26.0 Å². The number of allylic oxidation sites excluding steroid dienone is 1. The summed E-state index contributed by atoms with van der Waals surface area (Å²) in [5.74, 6) is 0.473. The van der Waals surface area contributed by atoms with E-state index in [1.807, 2.05) is 32.1 Å². The van der Waals surface area contributed by atoms with Crippen LogP contribution >= 0.6 is 0 Å². The zero-order valence-electron chi connectivity index (χ0n) is 11.3. The van der Waals surface area contributed by atoms with Gasteiger partial charge in [0.05, 0.1) is 0 Å². The number of hydrogen-bond acceptors (Lipinski definition) is 1. The predicted octanol–water partition coefficient (Wildman–Crippen LogP) is 4.02. The van der Waals surface area contributed by atoms with Crippen LogP contribution in [0.1, 0.15) is 44.7 Å². The van der Waals surface area contributed by atoms with E-state index in [0.717, 1.165) is 11.3 Å². The van der Waals surface area contributed by atoms with Gasteiger partial charge in [0.15, 0.2) is 0 Å². The van der Waals surface area contributed by atoms with Crippen molar-refractivity contribution in [1.29, 1.82) is 0 Å². The molecule has 0 spiro atoms. The molecule has 1 N–H and O–H groups in total. The summed E-state index contributed by atoms with van der Waals surface area (Å²) in [6.07, 6.45) is 1.81. The number of hydrogen-bond donors (Lipinski definition) is 1. The molecule has 0 aromatic heterocycles. The van der Waals surface area contributed by atoms with Crippen LogP contribution in [-0.2, 0) is 4.79 Å². The Morgan fingerprint density at radius 3 is 2.47 bits per heavy atom. The lowest BCUT2D eigenvalue weighted by molar-refractivity contribution is -0.112. The molecular formula is C15H21NO. The number of carbonyl (C=O) groups is 1. The molecule has 0 unspecified atom stereocenters. The second-order valence-corrected chi connectivity index (χ2v) is 4.65. The maximum atomic E-state index is 11.7. The molecule has 1 aromatic carbocycles. The average molecular weight is 231 g/mol. The van der Waals surface area contributed by atoms with E-state index >= 15 is 0 Å². The van der Waals surface area contributed by atoms with Crippen LogP contribution in [0, 0.1) is 6.92 Å².